The Morgan fingerprint density at radius 3 is 2.46 bits per heavy atom. The zero-order chi connectivity index (χ0) is 20.3. The van der Waals surface area contributed by atoms with E-state index < -0.39 is 5.60 Å². The number of nitrogens with zero attached hydrogens (tertiary/aromatic N) is 2. The Bertz CT molecular complexity index is 613. The van der Waals surface area contributed by atoms with E-state index in [1.165, 1.54) is 19.3 Å². The Hall–Kier alpha value is -1.40. The minimum atomic E-state index is -0.715. The number of amides is 1. The summed E-state index contributed by atoms with van der Waals surface area (Å²) in [6.45, 7) is 12.8. The van der Waals surface area contributed by atoms with Crippen molar-refractivity contribution < 1.29 is 14.3 Å². The molecule has 2 fully saturated rings. The second kappa shape index (κ2) is 8.95. The molecule has 158 valence electrons. The molecule has 6 heteroatoms. The summed E-state index contributed by atoms with van der Waals surface area (Å²) in [5.74, 6) is -0.445. The highest BCUT2D eigenvalue weighted by Gasteiger charge is 2.50. The summed E-state index contributed by atoms with van der Waals surface area (Å²) in [4.78, 5) is 30.1. The van der Waals surface area contributed by atoms with Gasteiger partial charge in [-0.15, -0.1) is 0 Å². The number of hydrogen-bond acceptors (Lipinski definition) is 5. The van der Waals surface area contributed by atoms with E-state index in [1.807, 2.05) is 0 Å². The molecular formula is C22H37N3O3. The number of ether oxygens (including phenoxy) is 1. The van der Waals surface area contributed by atoms with Crippen LogP contribution in [0.3, 0.4) is 0 Å². The van der Waals surface area contributed by atoms with Crippen LogP contribution in [0.25, 0.3) is 0 Å². The third-order valence-electron chi connectivity index (χ3n) is 7.02. The molecule has 0 saturated carbocycles. The molecule has 0 aliphatic carbocycles. The fourth-order valence-electron chi connectivity index (χ4n) is 5.18. The average Bonchev–Trinajstić information content (AvgIpc) is 2.91. The Labute approximate surface area is 169 Å². The van der Waals surface area contributed by atoms with Gasteiger partial charge >= 0.3 is 5.97 Å². The first-order chi connectivity index (χ1) is 13.4. The van der Waals surface area contributed by atoms with Crippen LogP contribution in [0.4, 0.5) is 0 Å². The van der Waals surface area contributed by atoms with E-state index in [4.69, 9.17) is 4.74 Å². The van der Waals surface area contributed by atoms with Gasteiger partial charge in [-0.1, -0.05) is 13.3 Å². The minimum absolute atomic E-state index is 0.118. The number of carbonyl (C=O) groups excluding carboxylic acids is 2. The molecule has 0 aromatic heterocycles. The largest absolute Gasteiger partial charge is 0.450 e. The lowest BCUT2D eigenvalue weighted by Gasteiger charge is -2.39. The van der Waals surface area contributed by atoms with Crippen LogP contribution in [0.2, 0.25) is 0 Å². The lowest BCUT2D eigenvalue weighted by molar-refractivity contribution is -0.150. The second-order valence-corrected chi connectivity index (χ2v) is 8.79. The van der Waals surface area contributed by atoms with E-state index >= 15 is 0 Å². The maximum atomic E-state index is 13.0. The van der Waals surface area contributed by atoms with Gasteiger partial charge in [0.25, 0.3) is 5.91 Å². The standard InChI is InChI=1S/C22H37N3O3/c1-5-24-14-10-22(11-15-24)19(18(4)21(27)28-22)20(26)23-12-7-13-25-16(2)8-6-9-17(25)3/h16-17H,5-15H2,1-4H3,(H,23,26). The summed E-state index contributed by atoms with van der Waals surface area (Å²) in [5.41, 5.74) is 0.348. The molecule has 0 bridgehead atoms. The molecule has 1 N–H and O–H groups in total. The number of piperidine rings is 2. The Balaban J connectivity index is 1.55. The summed E-state index contributed by atoms with van der Waals surface area (Å²) in [5, 5.41) is 3.07. The van der Waals surface area contributed by atoms with Crippen molar-refractivity contribution in [2.24, 2.45) is 0 Å². The lowest BCUT2D eigenvalue weighted by Crippen LogP contribution is -2.49. The van der Waals surface area contributed by atoms with E-state index in [9.17, 15) is 9.59 Å². The van der Waals surface area contributed by atoms with E-state index in [0.717, 1.165) is 32.6 Å². The van der Waals surface area contributed by atoms with Crippen LogP contribution in [0.15, 0.2) is 11.1 Å². The Morgan fingerprint density at radius 1 is 1.21 bits per heavy atom. The summed E-state index contributed by atoms with van der Waals surface area (Å²) in [6.07, 6.45) is 6.18. The normalized spacial score (nSPS) is 28.6. The molecule has 2 saturated heterocycles. The highest BCUT2D eigenvalue weighted by atomic mass is 16.6. The summed E-state index contributed by atoms with van der Waals surface area (Å²) < 4.78 is 5.75. The first kappa shape index (κ1) is 21.3. The highest BCUT2D eigenvalue weighted by molar-refractivity contribution is 6.07. The van der Waals surface area contributed by atoms with Crippen LogP contribution in [0.1, 0.15) is 66.2 Å². The molecule has 3 heterocycles. The van der Waals surface area contributed by atoms with Gasteiger partial charge in [-0.3, -0.25) is 9.69 Å². The van der Waals surface area contributed by atoms with Gasteiger partial charge < -0.3 is 15.0 Å². The van der Waals surface area contributed by atoms with Crippen molar-refractivity contribution in [1.29, 1.82) is 0 Å². The van der Waals surface area contributed by atoms with Crippen molar-refractivity contribution in [2.75, 3.05) is 32.7 Å². The smallest absolute Gasteiger partial charge is 0.335 e. The van der Waals surface area contributed by atoms with Crippen molar-refractivity contribution in [3.05, 3.63) is 11.1 Å². The van der Waals surface area contributed by atoms with E-state index in [0.29, 0.717) is 42.6 Å². The summed E-state index contributed by atoms with van der Waals surface area (Å²) in [6, 6.07) is 1.24. The quantitative estimate of drug-likeness (QED) is 0.557. The monoisotopic (exact) mass is 391 g/mol. The van der Waals surface area contributed by atoms with Crippen LogP contribution < -0.4 is 5.32 Å². The van der Waals surface area contributed by atoms with Crippen molar-refractivity contribution in [1.82, 2.24) is 15.1 Å². The van der Waals surface area contributed by atoms with E-state index in [1.54, 1.807) is 6.92 Å². The molecule has 1 spiro atoms. The molecular weight excluding hydrogens is 354 g/mol. The fraction of sp³-hybridized carbons (Fsp3) is 0.818. The fourth-order valence-corrected chi connectivity index (χ4v) is 5.18. The molecule has 3 rings (SSSR count). The number of hydrogen-bond donors (Lipinski definition) is 1. The first-order valence-corrected chi connectivity index (χ1v) is 11.1. The molecule has 3 aliphatic heterocycles. The van der Waals surface area contributed by atoms with Gasteiger partial charge in [0.05, 0.1) is 5.57 Å². The first-order valence-electron chi connectivity index (χ1n) is 11.1. The molecule has 0 aromatic rings. The third-order valence-corrected chi connectivity index (χ3v) is 7.02. The second-order valence-electron chi connectivity index (χ2n) is 8.79. The molecule has 28 heavy (non-hydrogen) atoms. The zero-order valence-corrected chi connectivity index (χ0v) is 18.1. The van der Waals surface area contributed by atoms with Gasteiger partial charge in [0.2, 0.25) is 0 Å². The minimum Gasteiger partial charge on any atom is -0.450 e. The van der Waals surface area contributed by atoms with Gasteiger partial charge in [-0.25, -0.2) is 4.79 Å². The Morgan fingerprint density at radius 2 is 1.86 bits per heavy atom. The van der Waals surface area contributed by atoms with Crippen LogP contribution in [0, 0.1) is 0 Å². The van der Waals surface area contributed by atoms with Crippen molar-refractivity contribution in [3.63, 3.8) is 0 Å². The number of likely N-dealkylation sites (tertiary alicyclic amines) is 2. The van der Waals surface area contributed by atoms with Crippen LogP contribution in [-0.2, 0) is 14.3 Å². The molecule has 3 aliphatic rings. The van der Waals surface area contributed by atoms with Crippen molar-refractivity contribution >= 4 is 11.9 Å². The maximum absolute atomic E-state index is 13.0. The summed E-state index contributed by atoms with van der Waals surface area (Å²) >= 11 is 0. The number of nitrogens with one attached hydrogen (secondary N) is 1. The molecule has 0 radical (unpaired) electrons. The highest BCUT2D eigenvalue weighted by Crippen LogP contribution is 2.41. The third kappa shape index (κ3) is 4.28. The number of rotatable bonds is 6. The van der Waals surface area contributed by atoms with Gasteiger partial charge in [0, 0.05) is 56.7 Å². The van der Waals surface area contributed by atoms with Crippen LogP contribution in [-0.4, -0.2) is 72.1 Å². The number of esters is 1. The van der Waals surface area contributed by atoms with Crippen LogP contribution >= 0.6 is 0 Å². The van der Waals surface area contributed by atoms with Crippen LogP contribution in [0.5, 0.6) is 0 Å². The van der Waals surface area contributed by atoms with Crippen molar-refractivity contribution in [2.45, 2.75) is 83.9 Å². The average molecular weight is 392 g/mol. The molecule has 2 unspecified atom stereocenters. The number of carbonyl (C=O) groups is 2. The van der Waals surface area contributed by atoms with Gasteiger partial charge in [0.1, 0.15) is 5.60 Å². The molecule has 1 amide bonds. The molecule has 0 aromatic carbocycles. The predicted molar refractivity (Wildman–Crippen MR) is 110 cm³/mol. The van der Waals surface area contributed by atoms with Gasteiger partial charge in [-0.2, -0.15) is 0 Å². The van der Waals surface area contributed by atoms with E-state index in [2.05, 4.69) is 35.9 Å². The maximum Gasteiger partial charge on any atom is 0.335 e. The van der Waals surface area contributed by atoms with Gasteiger partial charge in [-0.05, 0) is 46.6 Å². The van der Waals surface area contributed by atoms with Gasteiger partial charge in [0.15, 0.2) is 0 Å². The Kier molecular flexibility index (Phi) is 6.81. The predicted octanol–water partition coefficient (Wildman–Crippen LogP) is 2.48. The summed E-state index contributed by atoms with van der Waals surface area (Å²) in [7, 11) is 0. The zero-order valence-electron chi connectivity index (χ0n) is 18.1. The molecule has 6 nitrogen and oxygen atoms in total. The van der Waals surface area contributed by atoms with E-state index in [-0.39, 0.29) is 11.9 Å². The molecule has 2 atom stereocenters. The topological polar surface area (TPSA) is 61.9 Å². The SMILES string of the molecule is CCN1CCC2(CC1)OC(=O)C(C)=C2C(=O)NCCCN1C(C)CCCC1C. The van der Waals surface area contributed by atoms with Crippen molar-refractivity contribution in [3.8, 4) is 0 Å². The lowest BCUT2D eigenvalue weighted by atomic mass is 9.82.